The Labute approximate surface area is 143 Å². The van der Waals surface area contributed by atoms with Crippen LogP contribution in [0.1, 0.15) is 29.2 Å². The summed E-state index contributed by atoms with van der Waals surface area (Å²) in [6.07, 6.45) is 3.35. The van der Waals surface area contributed by atoms with Gasteiger partial charge >= 0.3 is 0 Å². The van der Waals surface area contributed by atoms with Crippen molar-refractivity contribution in [2.75, 3.05) is 32.4 Å². The van der Waals surface area contributed by atoms with Gasteiger partial charge in [0, 0.05) is 13.1 Å². The Morgan fingerprint density at radius 3 is 2.77 bits per heavy atom. The number of nitrogens with zero attached hydrogens (tertiary/aromatic N) is 1. The molecule has 1 fully saturated rings. The smallest absolute Gasteiger partial charge is 0.240 e. The number of amides is 1. The zero-order valence-corrected chi connectivity index (χ0v) is 14.7. The SMILES string of the molecule is CNCC1CCN(C(=O)C2SCCc3ccccc32)CC1.Cl. The highest BCUT2D eigenvalue weighted by molar-refractivity contribution is 8.00. The lowest BCUT2D eigenvalue weighted by Gasteiger charge is -2.35. The molecule has 0 aliphatic carbocycles. The molecule has 5 heteroatoms. The highest BCUT2D eigenvalue weighted by Crippen LogP contribution is 2.38. The molecule has 2 aliphatic heterocycles. The second kappa shape index (κ2) is 8.23. The fourth-order valence-electron chi connectivity index (χ4n) is 3.41. The Morgan fingerprint density at radius 2 is 2.05 bits per heavy atom. The van der Waals surface area contributed by atoms with Gasteiger partial charge in [0.15, 0.2) is 0 Å². The zero-order chi connectivity index (χ0) is 14.7. The van der Waals surface area contributed by atoms with E-state index in [4.69, 9.17) is 0 Å². The third kappa shape index (κ3) is 3.79. The van der Waals surface area contributed by atoms with Gasteiger partial charge < -0.3 is 10.2 Å². The zero-order valence-electron chi connectivity index (χ0n) is 13.1. The molecule has 3 nitrogen and oxygen atoms in total. The van der Waals surface area contributed by atoms with Gasteiger partial charge in [0.1, 0.15) is 5.25 Å². The number of piperidine rings is 1. The predicted octanol–water partition coefficient (Wildman–Crippen LogP) is 2.90. The molecule has 1 unspecified atom stereocenters. The summed E-state index contributed by atoms with van der Waals surface area (Å²) in [6, 6.07) is 8.45. The van der Waals surface area contributed by atoms with Crippen LogP contribution in [-0.2, 0) is 11.2 Å². The molecule has 2 heterocycles. The molecule has 1 N–H and O–H groups in total. The van der Waals surface area contributed by atoms with Crippen molar-refractivity contribution in [3.05, 3.63) is 35.4 Å². The molecule has 0 spiro atoms. The molecule has 3 rings (SSSR count). The van der Waals surface area contributed by atoms with Crippen LogP contribution in [0.3, 0.4) is 0 Å². The highest BCUT2D eigenvalue weighted by Gasteiger charge is 2.32. The maximum absolute atomic E-state index is 12.9. The van der Waals surface area contributed by atoms with Crippen molar-refractivity contribution in [1.29, 1.82) is 0 Å². The van der Waals surface area contributed by atoms with Crippen LogP contribution in [0, 0.1) is 5.92 Å². The Balaban J connectivity index is 0.00000176. The second-order valence-corrected chi connectivity index (χ2v) is 7.24. The van der Waals surface area contributed by atoms with E-state index in [9.17, 15) is 4.79 Å². The Bertz CT molecular complexity index is 503. The number of benzene rings is 1. The molecule has 122 valence electrons. The van der Waals surface area contributed by atoms with E-state index >= 15 is 0 Å². The van der Waals surface area contributed by atoms with Gasteiger partial charge in [-0.1, -0.05) is 24.3 Å². The van der Waals surface area contributed by atoms with E-state index in [0.717, 1.165) is 50.6 Å². The monoisotopic (exact) mass is 340 g/mol. The summed E-state index contributed by atoms with van der Waals surface area (Å²) in [5, 5.41) is 3.27. The van der Waals surface area contributed by atoms with Crippen LogP contribution in [0.25, 0.3) is 0 Å². The van der Waals surface area contributed by atoms with Crippen LogP contribution in [0.15, 0.2) is 24.3 Å². The summed E-state index contributed by atoms with van der Waals surface area (Å²) in [7, 11) is 2.01. The predicted molar refractivity (Wildman–Crippen MR) is 95.8 cm³/mol. The summed E-state index contributed by atoms with van der Waals surface area (Å²) in [4.78, 5) is 15.0. The molecule has 0 bridgehead atoms. The minimum absolute atomic E-state index is 0. The van der Waals surface area contributed by atoms with Gasteiger partial charge in [-0.15, -0.1) is 24.2 Å². The molecule has 1 aromatic carbocycles. The summed E-state index contributed by atoms with van der Waals surface area (Å²) in [5.41, 5.74) is 2.61. The molecule has 0 saturated carbocycles. The molecular formula is C17H25ClN2OS. The number of hydrogen-bond acceptors (Lipinski definition) is 3. The van der Waals surface area contributed by atoms with E-state index in [1.165, 1.54) is 11.1 Å². The van der Waals surface area contributed by atoms with Gasteiger partial charge in [-0.2, -0.15) is 0 Å². The number of likely N-dealkylation sites (tertiary alicyclic amines) is 1. The molecule has 2 aliphatic rings. The van der Waals surface area contributed by atoms with Gasteiger partial charge in [-0.3, -0.25) is 4.79 Å². The lowest BCUT2D eigenvalue weighted by Crippen LogP contribution is -2.42. The van der Waals surface area contributed by atoms with Crippen molar-refractivity contribution >= 4 is 30.1 Å². The highest BCUT2D eigenvalue weighted by atomic mass is 35.5. The van der Waals surface area contributed by atoms with Crippen LogP contribution in [-0.4, -0.2) is 43.2 Å². The lowest BCUT2D eigenvalue weighted by molar-refractivity contribution is -0.132. The van der Waals surface area contributed by atoms with E-state index < -0.39 is 0 Å². The first-order valence-corrected chi connectivity index (χ1v) is 8.97. The van der Waals surface area contributed by atoms with Crippen molar-refractivity contribution in [3.63, 3.8) is 0 Å². The molecular weight excluding hydrogens is 316 g/mol. The number of nitrogens with one attached hydrogen (secondary N) is 1. The van der Waals surface area contributed by atoms with Crippen molar-refractivity contribution < 1.29 is 4.79 Å². The van der Waals surface area contributed by atoms with E-state index in [-0.39, 0.29) is 17.7 Å². The largest absolute Gasteiger partial charge is 0.341 e. The van der Waals surface area contributed by atoms with E-state index in [2.05, 4.69) is 34.5 Å². The third-order valence-electron chi connectivity index (χ3n) is 4.64. The van der Waals surface area contributed by atoms with Gasteiger partial charge in [0.05, 0.1) is 0 Å². The van der Waals surface area contributed by atoms with E-state index in [1.54, 1.807) is 0 Å². The van der Waals surface area contributed by atoms with E-state index in [0.29, 0.717) is 5.91 Å². The second-order valence-electron chi connectivity index (χ2n) is 6.03. The molecule has 1 atom stereocenters. The average Bonchev–Trinajstić information content (AvgIpc) is 2.55. The number of hydrogen-bond donors (Lipinski definition) is 1. The number of fused-ring (bicyclic) bond motifs is 1. The molecule has 22 heavy (non-hydrogen) atoms. The van der Waals surface area contributed by atoms with Gasteiger partial charge in [-0.05, 0) is 55.7 Å². The standard InChI is InChI=1S/C17H24N2OS.ClH/c1-18-12-13-6-9-19(10-7-13)17(20)16-15-5-3-2-4-14(15)8-11-21-16;/h2-5,13,16,18H,6-12H2,1H3;1H. The summed E-state index contributed by atoms with van der Waals surface area (Å²) in [5.74, 6) is 2.12. The number of carbonyl (C=O) groups is 1. The lowest BCUT2D eigenvalue weighted by atomic mass is 9.95. The van der Waals surface area contributed by atoms with Crippen molar-refractivity contribution in [2.24, 2.45) is 5.92 Å². The molecule has 0 radical (unpaired) electrons. The number of thioether (sulfide) groups is 1. The van der Waals surface area contributed by atoms with Crippen LogP contribution in [0.2, 0.25) is 0 Å². The first-order valence-electron chi connectivity index (χ1n) is 7.92. The topological polar surface area (TPSA) is 32.3 Å². The number of aryl methyl sites for hydroxylation is 1. The number of carbonyl (C=O) groups excluding carboxylic acids is 1. The summed E-state index contributed by atoms with van der Waals surface area (Å²) in [6.45, 7) is 2.91. The van der Waals surface area contributed by atoms with Crippen LogP contribution in [0.5, 0.6) is 0 Å². The summed E-state index contributed by atoms with van der Waals surface area (Å²) >= 11 is 1.82. The summed E-state index contributed by atoms with van der Waals surface area (Å²) < 4.78 is 0. The minimum atomic E-state index is 0. The Morgan fingerprint density at radius 1 is 1.32 bits per heavy atom. The quantitative estimate of drug-likeness (QED) is 0.918. The van der Waals surface area contributed by atoms with Crippen LogP contribution in [0.4, 0.5) is 0 Å². The third-order valence-corrected chi connectivity index (χ3v) is 5.87. The normalized spacial score (nSPS) is 21.9. The first kappa shape index (κ1) is 17.6. The fraction of sp³-hybridized carbons (Fsp3) is 0.588. The Kier molecular flexibility index (Phi) is 6.60. The maximum Gasteiger partial charge on any atom is 0.240 e. The van der Waals surface area contributed by atoms with Crippen LogP contribution < -0.4 is 5.32 Å². The maximum atomic E-state index is 12.9. The average molecular weight is 341 g/mol. The number of rotatable bonds is 3. The number of halogens is 1. The molecule has 0 aromatic heterocycles. The van der Waals surface area contributed by atoms with Gasteiger partial charge in [0.25, 0.3) is 0 Å². The fourth-order valence-corrected chi connectivity index (χ4v) is 4.69. The van der Waals surface area contributed by atoms with Crippen molar-refractivity contribution in [2.45, 2.75) is 24.5 Å². The van der Waals surface area contributed by atoms with Gasteiger partial charge in [0.2, 0.25) is 5.91 Å². The molecule has 1 saturated heterocycles. The van der Waals surface area contributed by atoms with E-state index in [1.807, 2.05) is 18.8 Å². The van der Waals surface area contributed by atoms with Crippen molar-refractivity contribution in [3.8, 4) is 0 Å². The van der Waals surface area contributed by atoms with Gasteiger partial charge in [-0.25, -0.2) is 0 Å². The minimum Gasteiger partial charge on any atom is -0.341 e. The molecule has 1 aromatic rings. The van der Waals surface area contributed by atoms with Crippen LogP contribution >= 0.6 is 24.2 Å². The molecule has 1 amide bonds. The van der Waals surface area contributed by atoms with Crippen molar-refractivity contribution in [1.82, 2.24) is 10.2 Å². The first-order chi connectivity index (χ1) is 10.3. The Hall–Kier alpha value is -0.710.